The van der Waals surface area contributed by atoms with Crippen molar-refractivity contribution < 1.29 is 36.2 Å². The van der Waals surface area contributed by atoms with Gasteiger partial charge in [-0.2, -0.15) is 26.3 Å². The van der Waals surface area contributed by atoms with Crippen LogP contribution in [-0.4, -0.2) is 26.0 Å². The fourth-order valence-corrected chi connectivity index (χ4v) is 5.10. The molecule has 208 valence electrons. The van der Waals surface area contributed by atoms with Gasteiger partial charge >= 0.3 is 18.3 Å². The Morgan fingerprint density at radius 1 is 0.950 bits per heavy atom. The Bertz CT molecular complexity index is 1550. The van der Waals surface area contributed by atoms with Crippen molar-refractivity contribution in [3.8, 4) is 11.3 Å². The van der Waals surface area contributed by atoms with E-state index in [-0.39, 0.29) is 40.8 Å². The summed E-state index contributed by atoms with van der Waals surface area (Å²) in [6.45, 7) is 0. The van der Waals surface area contributed by atoms with Crippen molar-refractivity contribution >= 4 is 28.4 Å². The molecule has 0 bridgehead atoms. The Morgan fingerprint density at radius 3 is 2.38 bits per heavy atom. The van der Waals surface area contributed by atoms with E-state index in [2.05, 4.69) is 20.3 Å². The highest BCUT2D eigenvalue weighted by molar-refractivity contribution is 5.93. The van der Waals surface area contributed by atoms with Gasteiger partial charge in [0.15, 0.2) is 0 Å². The highest BCUT2D eigenvalue weighted by Gasteiger charge is 2.35. The maximum atomic E-state index is 13.7. The molecule has 2 heterocycles. The summed E-state index contributed by atoms with van der Waals surface area (Å²) in [6.07, 6.45) is -5.77. The Kier molecular flexibility index (Phi) is 7.11. The number of fused-ring (bicyclic) bond motifs is 1. The third kappa shape index (κ3) is 5.70. The third-order valence-corrected chi connectivity index (χ3v) is 7.03. The van der Waals surface area contributed by atoms with Gasteiger partial charge in [0, 0.05) is 29.3 Å². The number of halogens is 6. The van der Waals surface area contributed by atoms with E-state index >= 15 is 0 Å². The van der Waals surface area contributed by atoms with Gasteiger partial charge in [-0.3, -0.25) is 9.78 Å². The highest BCUT2D eigenvalue weighted by atomic mass is 19.4. The second-order valence-electron chi connectivity index (χ2n) is 9.66. The Hall–Kier alpha value is -4.22. The van der Waals surface area contributed by atoms with Gasteiger partial charge in [0.05, 0.1) is 28.3 Å². The van der Waals surface area contributed by atoms with E-state index in [4.69, 9.17) is 0 Å². The molecule has 0 aliphatic heterocycles. The molecule has 0 saturated heterocycles. The average Bonchev–Trinajstić information content (AvgIpc) is 3.36. The number of nitrogens with one attached hydrogen (secondary N) is 1. The number of aliphatic carboxylic acids is 1. The molecule has 12 heteroatoms. The molecule has 1 unspecified atom stereocenters. The van der Waals surface area contributed by atoms with Crippen LogP contribution in [0.5, 0.6) is 0 Å². The molecule has 1 saturated carbocycles. The van der Waals surface area contributed by atoms with Crippen molar-refractivity contribution in [2.75, 3.05) is 5.32 Å². The number of nitrogens with zero attached hydrogens (tertiary/aromatic N) is 3. The SMILES string of the molecule is O=C(O)[C@@H]1CCCC1Cc1nc(Nc2ccc(C(F)(F)F)cc2)c2ccc(-c3ncccc3C(F)(F)F)cc2n1. The lowest BCUT2D eigenvalue weighted by Gasteiger charge is -2.17. The Labute approximate surface area is 224 Å². The van der Waals surface area contributed by atoms with Crippen LogP contribution in [0.25, 0.3) is 22.2 Å². The van der Waals surface area contributed by atoms with E-state index in [1.807, 2.05) is 0 Å². The van der Waals surface area contributed by atoms with Gasteiger partial charge in [0.2, 0.25) is 0 Å². The van der Waals surface area contributed by atoms with E-state index in [9.17, 15) is 36.2 Å². The van der Waals surface area contributed by atoms with Crippen LogP contribution < -0.4 is 5.32 Å². The second-order valence-corrected chi connectivity index (χ2v) is 9.66. The topological polar surface area (TPSA) is 88.0 Å². The molecular weight excluding hydrogens is 538 g/mol. The van der Waals surface area contributed by atoms with Crippen LogP contribution in [-0.2, 0) is 23.6 Å². The first-order chi connectivity index (χ1) is 18.9. The second kappa shape index (κ2) is 10.4. The maximum absolute atomic E-state index is 13.7. The molecule has 0 amide bonds. The highest BCUT2D eigenvalue weighted by Crippen LogP contribution is 2.38. The molecule has 2 atom stereocenters. The Balaban J connectivity index is 1.59. The van der Waals surface area contributed by atoms with Crippen LogP contribution in [0.15, 0.2) is 60.8 Å². The fourth-order valence-electron chi connectivity index (χ4n) is 5.10. The van der Waals surface area contributed by atoms with Gasteiger partial charge < -0.3 is 10.4 Å². The quantitative estimate of drug-likeness (QED) is 0.237. The van der Waals surface area contributed by atoms with Crippen molar-refractivity contribution in [1.82, 2.24) is 15.0 Å². The fraction of sp³-hybridized carbons (Fsp3) is 0.286. The number of carboxylic acid groups (broad SMARTS) is 1. The maximum Gasteiger partial charge on any atom is 0.418 e. The number of pyridine rings is 1. The number of benzene rings is 2. The molecule has 0 radical (unpaired) electrons. The smallest absolute Gasteiger partial charge is 0.418 e. The number of anilines is 2. The molecule has 6 nitrogen and oxygen atoms in total. The van der Waals surface area contributed by atoms with E-state index in [1.165, 1.54) is 42.6 Å². The predicted molar refractivity (Wildman–Crippen MR) is 135 cm³/mol. The van der Waals surface area contributed by atoms with Crippen molar-refractivity contribution in [3.05, 3.63) is 77.7 Å². The number of aromatic nitrogens is 3. The minimum atomic E-state index is -4.64. The first-order valence-corrected chi connectivity index (χ1v) is 12.4. The summed E-state index contributed by atoms with van der Waals surface area (Å²) in [7, 11) is 0. The first-order valence-electron chi connectivity index (χ1n) is 12.4. The lowest BCUT2D eigenvalue weighted by Crippen LogP contribution is -2.21. The normalized spacial score (nSPS) is 17.8. The Morgan fingerprint density at radius 2 is 1.70 bits per heavy atom. The molecule has 1 aliphatic rings. The summed E-state index contributed by atoms with van der Waals surface area (Å²) >= 11 is 0. The predicted octanol–water partition coefficient (Wildman–Crippen LogP) is 7.52. The number of hydrogen-bond acceptors (Lipinski definition) is 5. The van der Waals surface area contributed by atoms with Crippen LogP contribution in [0, 0.1) is 11.8 Å². The van der Waals surface area contributed by atoms with Gasteiger partial charge in [0.1, 0.15) is 11.6 Å². The molecule has 1 aliphatic carbocycles. The molecule has 2 aromatic heterocycles. The van der Waals surface area contributed by atoms with Crippen LogP contribution in [0.4, 0.5) is 37.8 Å². The minimum absolute atomic E-state index is 0.162. The van der Waals surface area contributed by atoms with Crippen LogP contribution in [0.3, 0.4) is 0 Å². The van der Waals surface area contributed by atoms with Crippen molar-refractivity contribution in [2.45, 2.75) is 38.0 Å². The number of hydrogen-bond donors (Lipinski definition) is 2. The zero-order valence-corrected chi connectivity index (χ0v) is 20.7. The summed E-state index contributed by atoms with van der Waals surface area (Å²) < 4.78 is 80.0. The molecule has 5 rings (SSSR count). The standard InChI is InChI=1S/C28H22F6N4O2/c29-27(30,31)17-7-9-18(10-8-17)36-25-20-11-6-16(24-21(28(32,33)34)5-2-12-35-24)13-22(20)37-23(38-25)14-15-3-1-4-19(15)26(39)40/h2,5-13,15,19H,1,3-4,14H2,(H,39,40)(H,36,37,38)/t15?,19-/m1/s1. The molecule has 4 aromatic rings. The monoisotopic (exact) mass is 560 g/mol. The van der Waals surface area contributed by atoms with E-state index in [0.29, 0.717) is 23.9 Å². The summed E-state index contributed by atoms with van der Waals surface area (Å²) in [4.78, 5) is 24.8. The van der Waals surface area contributed by atoms with E-state index < -0.39 is 35.4 Å². The molecule has 1 fully saturated rings. The molecule has 2 N–H and O–H groups in total. The molecule has 2 aromatic carbocycles. The van der Waals surface area contributed by atoms with Crippen LogP contribution in [0.1, 0.15) is 36.2 Å². The van der Waals surface area contributed by atoms with E-state index in [1.54, 1.807) is 0 Å². The van der Waals surface area contributed by atoms with E-state index in [0.717, 1.165) is 24.6 Å². The average molecular weight is 560 g/mol. The van der Waals surface area contributed by atoms with Crippen LogP contribution >= 0.6 is 0 Å². The van der Waals surface area contributed by atoms with Crippen molar-refractivity contribution in [3.63, 3.8) is 0 Å². The van der Waals surface area contributed by atoms with Crippen molar-refractivity contribution in [1.29, 1.82) is 0 Å². The summed E-state index contributed by atoms with van der Waals surface area (Å²) in [6, 6.07) is 10.9. The van der Waals surface area contributed by atoms with Gasteiger partial charge in [-0.1, -0.05) is 12.5 Å². The van der Waals surface area contributed by atoms with Crippen molar-refractivity contribution in [2.24, 2.45) is 11.8 Å². The lowest BCUT2D eigenvalue weighted by atomic mass is 9.92. The number of alkyl halides is 6. The van der Waals surface area contributed by atoms with Gasteiger partial charge in [-0.25, -0.2) is 9.97 Å². The number of rotatable bonds is 6. The van der Waals surface area contributed by atoms with Crippen LogP contribution in [0.2, 0.25) is 0 Å². The molecule has 40 heavy (non-hydrogen) atoms. The molecule has 0 spiro atoms. The van der Waals surface area contributed by atoms with Gasteiger partial charge in [-0.15, -0.1) is 0 Å². The number of carboxylic acids is 1. The zero-order valence-electron chi connectivity index (χ0n) is 20.7. The molecular formula is C28H22F6N4O2. The van der Waals surface area contributed by atoms with Gasteiger partial charge in [0.25, 0.3) is 0 Å². The summed E-state index contributed by atoms with van der Waals surface area (Å²) in [5.74, 6) is -1.21. The summed E-state index contributed by atoms with van der Waals surface area (Å²) in [5.41, 5.74) is -1.28. The zero-order chi connectivity index (χ0) is 28.7. The minimum Gasteiger partial charge on any atom is -0.481 e. The third-order valence-electron chi connectivity index (χ3n) is 7.03. The summed E-state index contributed by atoms with van der Waals surface area (Å²) in [5, 5.41) is 13.0. The first kappa shape index (κ1) is 27.4. The van der Waals surface area contributed by atoms with Gasteiger partial charge in [-0.05, 0) is 67.3 Å². The lowest BCUT2D eigenvalue weighted by molar-refractivity contribution is -0.143. The largest absolute Gasteiger partial charge is 0.481 e. The number of carbonyl (C=O) groups is 1.